The average molecular weight is 261 g/mol. The van der Waals surface area contributed by atoms with Crippen LogP contribution in [0.5, 0.6) is 0 Å². The van der Waals surface area contributed by atoms with Crippen molar-refractivity contribution < 1.29 is 0 Å². The van der Waals surface area contributed by atoms with Crippen molar-refractivity contribution in [2.45, 2.75) is 39.2 Å². The fraction of sp³-hybridized carbons (Fsp3) is 0.714. The second-order valence-corrected chi connectivity index (χ2v) is 5.26. The molecule has 1 aliphatic rings. The zero-order chi connectivity index (χ0) is 13.8. The third-order valence-electron chi connectivity index (χ3n) is 3.70. The molecule has 1 fully saturated rings. The summed E-state index contributed by atoms with van der Waals surface area (Å²) in [5.41, 5.74) is 1.54. The molecular formula is C14H23N5. The van der Waals surface area contributed by atoms with E-state index in [-0.39, 0.29) is 0 Å². The van der Waals surface area contributed by atoms with Crippen molar-refractivity contribution in [3.8, 4) is 6.07 Å². The molecule has 5 heteroatoms. The van der Waals surface area contributed by atoms with Crippen molar-refractivity contribution in [3.05, 3.63) is 11.3 Å². The molecule has 1 N–H and O–H groups in total. The summed E-state index contributed by atoms with van der Waals surface area (Å²) < 4.78 is 1.85. The van der Waals surface area contributed by atoms with Gasteiger partial charge in [0.1, 0.15) is 17.5 Å². The normalized spacial score (nSPS) is 18.5. The molecule has 5 nitrogen and oxygen atoms in total. The summed E-state index contributed by atoms with van der Waals surface area (Å²) in [4.78, 5) is 2.31. The zero-order valence-electron chi connectivity index (χ0n) is 12.1. The number of nitrogens with zero attached hydrogens (tertiary/aromatic N) is 4. The second-order valence-electron chi connectivity index (χ2n) is 5.26. The van der Waals surface area contributed by atoms with Gasteiger partial charge in [0.05, 0.1) is 5.69 Å². The molecule has 2 rings (SSSR count). The highest BCUT2D eigenvalue weighted by atomic mass is 15.4. The number of aryl methyl sites for hydroxylation is 2. The standard InChI is InChI=1S/C14H23N5/c1-4-8-19(10-12-6-5-7-16-12)14-13(9-15)11(2)17-18(14)3/h12,16H,4-8,10H2,1-3H3. The molecule has 19 heavy (non-hydrogen) atoms. The molecule has 1 aromatic heterocycles. The van der Waals surface area contributed by atoms with E-state index in [0.29, 0.717) is 11.6 Å². The summed E-state index contributed by atoms with van der Waals surface area (Å²) in [6, 6.07) is 2.84. The van der Waals surface area contributed by atoms with Crippen LogP contribution in [0.2, 0.25) is 0 Å². The first-order valence-electron chi connectivity index (χ1n) is 7.09. The van der Waals surface area contributed by atoms with E-state index >= 15 is 0 Å². The lowest BCUT2D eigenvalue weighted by atomic mass is 10.2. The maximum Gasteiger partial charge on any atom is 0.145 e. The van der Waals surface area contributed by atoms with Gasteiger partial charge in [0.15, 0.2) is 0 Å². The van der Waals surface area contributed by atoms with Crippen molar-refractivity contribution in [3.63, 3.8) is 0 Å². The molecular weight excluding hydrogens is 238 g/mol. The molecule has 0 amide bonds. The van der Waals surface area contributed by atoms with Crippen LogP contribution < -0.4 is 10.2 Å². The molecule has 1 atom stereocenters. The van der Waals surface area contributed by atoms with E-state index in [1.165, 1.54) is 12.8 Å². The lowest BCUT2D eigenvalue weighted by molar-refractivity contribution is 0.566. The van der Waals surface area contributed by atoms with Crippen LogP contribution in [0, 0.1) is 18.3 Å². The van der Waals surface area contributed by atoms with Crippen LogP contribution in [0.15, 0.2) is 0 Å². The Labute approximate surface area is 115 Å². The summed E-state index contributed by atoms with van der Waals surface area (Å²) in [7, 11) is 1.92. The number of nitrogens with one attached hydrogen (secondary N) is 1. The maximum atomic E-state index is 9.34. The Morgan fingerprint density at radius 1 is 1.58 bits per heavy atom. The molecule has 0 radical (unpaired) electrons. The predicted molar refractivity (Wildman–Crippen MR) is 76.2 cm³/mol. The van der Waals surface area contributed by atoms with Gasteiger partial charge in [0, 0.05) is 26.2 Å². The van der Waals surface area contributed by atoms with Crippen molar-refractivity contribution in [2.75, 3.05) is 24.5 Å². The minimum atomic E-state index is 0.535. The van der Waals surface area contributed by atoms with Gasteiger partial charge in [0.2, 0.25) is 0 Å². The summed E-state index contributed by atoms with van der Waals surface area (Å²) in [5, 5.41) is 17.3. The van der Waals surface area contributed by atoms with Crippen molar-refractivity contribution in [1.29, 1.82) is 5.26 Å². The van der Waals surface area contributed by atoms with Crippen molar-refractivity contribution in [2.24, 2.45) is 7.05 Å². The molecule has 0 spiro atoms. The first kappa shape index (κ1) is 13.9. The molecule has 104 valence electrons. The SMILES string of the molecule is CCCN(CC1CCCN1)c1c(C#N)c(C)nn1C. The Morgan fingerprint density at radius 3 is 2.95 bits per heavy atom. The Hall–Kier alpha value is -1.54. The number of aromatic nitrogens is 2. The van der Waals surface area contributed by atoms with E-state index in [0.717, 1.165) is 37.6 Å². The molecule has 0 bridgehead atoms. The Bertz CT molecular complexity index is 465. The van der Waals surface area contributed by atoms with Crippen LogP contribution in [0.25, 0.3) is 0 Å². The first-order valence-corrected chi connectivity index (χ1v) is 7.09. The number of anilines is 1. The van der Waals surface area contributed by atoms with Gasteiger partial charge in [-0.1, -0.05) is 6.92 Å². The summed E-state index contributed by atoms with van der Waals surface area (Å²) in [6.07, 6.45) is 3.54. The first-order chi connectivity index (χ1) is 9.17. The maximum absolute atomic E-state index is 9.34. The van der Waals surface area contributed by atoms with Crippen molar-refractivity contribution >= 4 is 5.82 Å². The van der Waals surface area contributed by atoms with Gasteiger partial charge in [-0.25, -0.2) is 0 Å². The van der Waals surface area contributed by atoms with Crippen molar-refractivity contribution in [1.82, 2.24) is 15.1 Å². The molecule has 1 unspecified atom stereocenters. The number of hydrogen-bond acceptors (Lipinski definition) is 4. The fourth-order valence-electron chi connectivity index (χ4n) is 2.87. The van der Waals surface area contributed by atoms with Gasteiger partial charge in [0.25, 0.3) is 0 Å². The minimum absolute atomic E-state index is 0.535. The molecule has 1 aromatic rings. The molecule has 0 aromatic carbocycles. The number of rotatable bonds is 5. The number of hydrogen-bond donors (Lipinski definition) is 1. The van der Waals surface area contributed by atoms with Gasteiger partial charge in [-0.3, -0.25) is 4.68 Å². The average Bonchev–Trinajstić information content (AvgIpc) is 2.96. The van der Waals surface area contributed by atoms with Gasteiger partial charge >= 0.3 is 0 Å². The topological polar surface area (TPSA) is 56.9 Å². The van der Waals surface area contributed by atoms with E-state index in [9.17, 15) is 5.26 Å². The van der Waals surface area contributed by atoms with Gasteiger partial charge in [-0.05, 0) is 32.7 Å². The lowest BCUT2D eigenvalue weighted by Crippen LogP contribution is -2.39. The summed E-state index contributed by atoms with van der Waals surface area (Å²) in [5.74, 6) is 0.968. The third kappa shape index (κ3) is 2.90. The monoisotopic (exact) mass is 261 g/mol. The second kappa shape index (κ2) is 6.07. The lowest BCUT2D eigenvalue weighted by Gasteiger charge is -2.27. The smallest absolute Gasteiger partial charge is 0.145 e. The number of nitriles is 1. The van der Waals surface area contributed by atoms with Crippen LogP contribution >= 0.6 is 0 Å². The molecule has 1 aliphatic heterocycles. The van der Waals surface area contributed by atoms with E-state index < -0.39 is 0 Å². The van der Waals surface area contributed by atoms with E-state index in [1.807, 2.05) is 18.7 Å². The van der Waals surface area contributed by atoms with Crippen LogP contribution in [0.4, 0.5) is 5.82 Å². The Balaban J connectivity index is 2.25. The Morgan fingerprint density at radius 2 is 2.37 bits per heavy atom. The summed E-state index contributed by atoms with van der Waals surface area (Å²) in [6.45, 7) is 7.11. The van der Waals surface area contributed by atoms with Gasteiger partial charge in [-0.2, -0.15) is 10.4 Å². The molecule has 1 saturated heterocycles. The Kier molecular flexibility index (Phi) is 4.43. The minimum Gasteiger partial charge on any atom is -0.354 e. The molecule has 2 heterocycles. The summed E-state index contributed by atoms with van der Waals surface area (Å²) >= 11 is 0. The highest BCUT2D eigenvalue weighted by molar-refractivity contribution is 5.57. The predicted octanol–water partition coefficient (Wildman–Crippen LogP) is 1.57. The fourth-order valence-corrected chi connectivity index (χ4v) is 2.87. The van der Waals surface area contributed by atoms with Crippen LogP contribution in [0.1, 0.15) is 37.4 Å². The highest BCUT2D eigenvalue weighted by Crippen LogP contribution is 2.23. The van der Waals surface area contributed by atoms with Crippen LogP contribution in [-0.2, 0) is 7.05 Å². The highest BCUT2D eigenvalue weighted by Gasteiger charge is 2.23. The molecule has 0 aliphatic carbocycles. The van der Waals surface area contributed by atoms with Gasteiger partial charge in [-0.15, -0.1) is 0 Å². The third-order valence-corrected chi connectivity index (χ3v) is 3.70. The largest absolute Gasteiger partial charge is 0.354 e. The molecule has 0 saturated carbocycles. The van der Waals surface area contributed by atoms with E-state index in [1.54, 1.807) is 0 Å². The van der Waals surface area contributed by atoms with Crippen LogP contribution in [0.3, 0.4) is 0 Å². The van der Waals surface area contributed by atoms with E-state index in [2.05, 4.69) is 28.3 Å². The zero-order valence-corrected chi connectivity index (χ0v) is 12.1. The van der Waals surface area contributed by atoms with Crippen LogP contribution in [-0.4, -0.2) is 35.5 Å². The van der Waals surface area contributed by atoms with Gasteiger partial charge < -0.3 is 10.2 Å². The van der Waals surface area contributed by atoms with E-state index in [4.69, 9.17) is 0 Å². The quantitative estimate of drug-likeness (QED) is 0.874.